The summed E-state index contributed by atoms with van der Waals surface area (Å²) in [6.45, 7) is 4.11. The Labute approximate surface area is 119 Å². The molecule has 0 saturated carbocycles. The Bertz CT molecular complexity index is 580. The molecule has 3 heteroatoms. The van der Waals surface area contributed by atoms with E-state index >= 15 is 0 Å². The van der Waals surface area contributed by atoms with E-state index in [1.807, 2.05) is 49.4 Å². The number of benzene rings is 2. The summed E-state index contributed by atoms with van der Waals surface area (Å²) in [6.07, 6.45) is 0.955. The fraction of sp³-hybridized carbons (Fsp3) is 0.188. The third-order valence-electron chi connectivity index (χ3n) is 2.93. The Kier molecular flexibility index (Phi) is 4.53. The Morgan fingerprint density at radius 3 is 2.53 bits per heavy atom. The number of rotatable bonds is 3. The van der Waals surface area contributed by atoms with Crippen LogP contribution in [0.5, 0.6) is 5.75 Å². The number of ether oxygens (including phenoxy) is 1. The molecule has 0 spiro atoms. The van der Waals surface area contributed by atoms with Crippen LogP contribution in [-0.4, -0.2) is 5.17 Å². The first-order chi connectivity index (χ1) is 9.20. The molecule has 0 aliphatic carbocycles. The van der Waals surface area contributed by atoms with Crippen LogP contribution < -0.4 is 10.1 Å². The van der Waals surface area contributed by atoms with Gasteiger partial charge in [0.25, 0.3) is 5.17 Å². The molecule has 0 saturated heterocycles. The molecule has 0 radical (unpaired) electrons. The van der Waals surface area contributed by atoms with Gasteiger partial charge in [0.1, 0.15) is 5.75 Å². The highest BCUT2D eigenvalue weighted by molar-refractivity contribution is 7.80. The minimum Gasteiger partial charge on any atom is -0.431 e. The average molecular weight is 271 g/mol. The van der Waals surface area contributed by atoms with Crippen LogP contribution in [0.1, 0.15) is 18.1 Å². The second-order valence-electron chi connectivity index (χ2n) is 4.29. The van der Waals surface area contributed by atoms with E-state index in [1.54, 1.807) is 0 Å². The first kappa shape index (κ1) is 13.6. The van der Waals surface area contributed by atoms with Gasteiger partial charge < -0.3 is 10.1 Å². The number of thiocarbonyl (C=S) groups is 1. The summed E-state index contributed by atoms with van der Waals surface area (Å²) in [4.78, 5) is 0. The highest BCUT2D eigenvalue weighted by atomic mass is 32.1. The molecular weight excluding hydrogens is 254 g/mol. The summed E-state index contributed by atoms with van der Waals surface area (Å²) in [5.74, 6) is 0.786. The average Bonchev–Trinajstić information content (AvgIpc) is 2.42. The minimum absolute atomic E-state index is 0.371. The summed E-state index contributed by atoms with van der Waals surface area (Å²) in [7, 11) is 0. The Morgan fingerprint density at radius 1 is 1.11 bits per heavy atom. The zero-order valence-corrected chi connectivity index (χ0v) is 12.0. The normalized spacial score (nSPS) is 10.0. The molecule has 98 valence electrons. The lowest BCUT2D eigenvalue weighted by molar-refractivity contribution is 0.558. The van der Waals surface area contributed by atoms with Gasteiger partial charge >= 0.3 is 0 Å². The highest BCUT2D eigenvalue weighted by Crippen LogP contribution is 2.19. The van der Waals surface area contributed by atoms with Crippen LogP contribution in [0.25, 0.3) is 0 Å². The lowest BCUT2D eigenvalue weighted by Gasteiger charge is -2.13. The third kappa shape index (κ3) is 3.55. The van der Waals surface area contributed by atoms with Crippen molar-refractivity contribution in [3.05, 3.63) is 59.7 Å². The molecular formula is C16H17NOS. The van der Waals surface area contributed by atoms with Crippen molar-refractivity contribution in [2.45, 2.75) is 20.3 Å². The van der Waals surface area contributed by atoms with E-state index in [1.165, 1.54) is 5.56 Å². The zero-order chi connectivity index (χ0) is 13.7. The molecule has 0 amide bonds. The van der Waals surface area contributed by atoms with Crippen LogP contribution in [-0.2, 0) is 6.42 Å². The largest absolute Gasteiger partial charge is 0.431 e. The van der Waals surface area contributed by atoms with Crippen molar-refractivity contribution in [3.63, 3.8) is 0 Å². The Morgan fingerprint density at radius 2 is 1.79 bits per heavy atom. The van der Waals surface area contributed by atoms with Crippen molar-refractivity contribution in [1.82, 2.24) is 0 Å². The van der Waals surface area contributed by atoms with Gasteiger partial charge in [0.15, 0.2) is 0 Å². The molecule has 0 heterocycles. The number of para-hydroxylation sites is 2. The fourth-order valence-corrected chi connectivity index (χ4v) is 2.06. The molecule has 2 rings (SSSR count). The van der Waals surface area contributed by atoms with Gasteiger partial charge in [0, 0.05) is 5.69 Å². The minimum atomic E-state index is 0.371. The third-order valence-corrected chi connectivity index (χ3v) is 3.12. The van der Waals surface area contributed by atoms with Crippen LogP contribution in [0.2, 0.25) is 0 Å². The van der Waals surface area contributed by atoms with Crippen molar-refractivity contribution in [2.24, 2.45) is 0 Å². The van der Waals surface area contributed by atoms with Gasteiger partial charge in [-0.25, -0.2) is 0 Å². The molecule has 0 aliphatic heterocycles. The quantitative estimate of drug-likeness (QED) is 0.839. The Hall–Kier alpha value is -1.87. The fourth-order valence-electron chi connectivity index (χ4n) is 1.86. The molecule has 19 heavy (non-hydrogen) atoms. The van der Waals surface area contributed by atoms with E-state index in [4.69, 9.17) is 17.0 Å². The number of anilines is 1. The molecule has 0 unspecified atom stereocenters. The van der Waals surface area contributed by atoms with Gasteiger partial charge in [-0.2, -0.15) is 0 Å². The number of aryl methyl sites for hydroxylation is 2. The van der Waals surface area contributed by atoms with E-state index in [-0.39, 0.29) is 0 Å². The van der Waals surface area contributed by atoms with Crippen molar-refractivity contribution in [3.8, 4) is 5.75 Å². The van der Waals surface area contributed by atoms with Gasteiger partial charge in [-0.15, -0.1) is 0 Å². The predicted octanol–water partition coefficient (Wildman–Crippen LogP) is 4.33. The number of hydrogen-bond donors (Lipinski definition) is 1. The van der Waals surface area contributed by atoms with Gasteiger partial charge in [0.2, 0.25) is 0 Å². The van der Waals surface area contributed by atoms with Gasteiger partial charge in [-0.1, -0.05) is 43.3 Å². The van der Waals surface area contributed by atoms with Crippen LogP contribution in [0.15, 0.2) is 48.5 Å². The smallest absolute Gasteiger partial charge is 0.266 e. The van der Waals surface area contributed by atoms with E-state index in [2.05, 4.69) is 18.3 Å². The SMILES string of the molecule is CCc1ccccc1NC(=S)Oc1ccccc1C. The lowest BCUT2D eigenvalue weighted by atomic mass is 10.1. The summed E-state index contributed by atoms with van der Waals surface area (Å²) < 4.78 is 5.67. The lowest BCUT2D eigenvalue weighted by Crippen LogP contribution is -2.17. The predicted molar refractivity (Wildman–Crippen MR) is 83.8 cm³/mol. The van der Waals surface area contributed by atoms with Crippen molar-refractivity contribution >= 4 is 23.1 Å². The molecule has 0 bridgehead atoms. The first-order valence-corrected chi connectivity index (χ1v) is 6.74. The van der Waals surface area contributed by atoms with E-state index in [0.717, 1.165) is 23.4 Å². The van der Waals surface area contributed by atoms with E-state index in [9.17, 15) is 0 Å². The molecule has 0 aromatic heterocycles. The highest BCUT2D eigenvalue weighted by Gasteiger charge is 2.05. The topological polar surface area (TPSA) is 21.3 Å². The number of hydrogen-bond acceptors (Lipinski definition) is 2. The van der Waals surface area contributed by atoms with Gasteiger partial charge in [-0.05, 0) is 48.8 Å². The standard InChI is InChI=1S/C16H17NOS/c1-3-13-9-5-6-10-14(13)17-16(19)18-15-11-7-4-8-12(15)2/h4-11H,3H2,1-2H3,(H,17,19). The molecule has 2 aromatic rings. The van der Waals surface area contributed by atoms with E-state index in [0.29, 0.717) is 5.17 Å². The van der Waals surface area contributed by atoms with Crippen molar-refractivity contribution < 1.29 is 4.74 Å². The molecule has 0 atom stereocenters. The molecule has 1 N–H and O–H groups in total. The monoisotopic (exact) mass is 271 g/mol. The summed E-state index contributed by atoms with van der Waals surface area (Å²) >= 11 is 5.25. The summed E-state index contributed by atoms with van der Waals surface area (Å²) in [5, 5.41) is 3.52. The Balaban J connectivity index is 2.08. The first-order valence-electron chi connectivity index (χ1n) is 6.33. The maximum absolute atomic E-state index is 5.67. The van der Waals surface area contributed by atoms with Crippen molar-refractivity contribution in [2.75, 3.05) is 5.32 Å². The summed E-state index contributed by atoms with van der Waals surface area (Å²) in [6, 6.07) is 15.9. The molecule has 2 nitrogen and oxygen atoms in total. The van der Waals surface area contributed by atoms with Crippen molar-refractivity contribution in [1.29, 1.82) is 0 Å². The molecule has 0 aliphatic rings. The molecule has 2 aromatic carbocycles. The van der Waals surface area contributed by atoms with Crippen LogP contribution in [0.3, 0.4) is 0 Å². The van der Waals surface area contributed by atoms with Crippen LogP contribution in [0, 0.1) is 6.92 Å². The van der Waals surface area contributed by atoms with Gasteiger partial charge in [0.05, 0.1) is 0 Å². The van der Waals surface area contributed by atoms with Crippen LogP contribution >= 0.6 is 12.2 Å². The summed E-state index contributed by atoms with van der Waals surface area (Å²) in [5.41, 5.74) is 3.29. The van der Waals surface area contributed by atoms with Crippen LogP contribution in [0.4, 0.5) is 5.69 Å². The maximum Gasteiger partial charge on any atom is 0.266 e. The van der Waals surface area contributed by atoms with Gasteiger partial charge in [-0.3, -0.25) is 0 Å². The second-order valence-corrected chi connectivity index (χ2v) is 4.66. The second kappa shape index (κ2) is 6.34. The maximum atomic E-state index is 5.67. The number of nitrogens with one attached hydrogen (secondary N) is 1. The van der Waals surface area contributed by atoms with E-state index < -0.39 is 0 Å². The zero-order valence-electron chi connectivity index (χ0n) is 11.1. The molecule has 0 fully saturated rings.